The van der Waals surface area contributed by atoms with Crippen molar-refractivity contribution in [2.75, 3.05) is 30.4 Å². The largest absolute Gasteiger partial charge is 0.465 e. The maximum Gasteiger partial charge on any atom is 0.407 e. The van der Waals surface area contributed by atoms with Crippen LogP contribution in [0.3, 0.4) is 0 Å². The SMILES string of the molecule is Cc1cnc(NC(=O)C2(N(C)C(=O)O)CCN(c3ncnc4[nH]ccc34)CC2)s1. The number of aryl methyl sites for hydroxylation is 1. The molecule has 0 atom stereocenters. The molecule has 1 fully saturated rings. The second-order valence-corrected chi connectivity index (χ2v) is 8.26. The number of carbonyl (C=O) groups is 2. The van der Waals surface area contributed by atoms with Crippen LogP contribution in [0.1, 0.15) is 17.7 Å². The van der Waals surface area contributed by atoms with E-state index in [9.17, 15) is 14.7 Å². The van der Waals surface area contributed by atoms with E-state index in [0.29, 0.717) is 31.1 Å². The Bertz CT molecular complexity index is 1050. The van der Waals surface area contributed by atoms with E-state index in [0.717, 1.165) is 26.6 Å². The van der Waals surface area contributed by atoms with E-state index in [-0.39, 0.29) is 5.91 Å². The third kappa shape index (κ3) is 3.37. The van der Waals surface area contributed by atoms with Crippen molar-refractivity contribution in [1.29, 1.82) is 0 Å². The molecular weight excluding hydrogens is 394 g/mol. The van der Waals surface area contributed by atoms with Crippen LogP contribution in [0, 0.1) is 6.92 Å². The van der Waals surface area contributed by atoms with Gasteiger partial charge in [-0.3, -0.25) is 15.0 Å². The average Bonchev–Trinajstić information content (AvgIpc) is 3.35. The molecule has 2 amide bonds. The summed E-state index contributed by atoms with van der Waals surface area (Å²) in [5, 5.41) is 13.8. The van der Waals surface area contributed by atoms with Gasteiger partial charge in [-0.1, -0.05) is 0 Å². The summed E-state index contributed by atoms with van der Waals surface area (Å²) in [5.41, 5.74) is -0.432. The Kier molecular flexibility index (Phi) is 4.82. The summed E-state index contributed by atoms with van der Waals surface area (Å²) >= 11 is 1.36. The van der Waals surface area contributed by atoms with E-state index in [2.05, 4.69) is 30.2 Å². The summed E-state index contributed by atoms with van der Waals surface area (Å²) in [7, 11) is 1.44. The lowest BCUT2D eigenvalue weighted by Gasteiger charge is -2.44. The topological polar surface area (TPSA) is 127 Å². The third-order valence-electron chi connectivity index (χ3n) is 5.42. The number of rotatable bonds is 4. The van der Waals surface area contributed by atoms with Crippen molar-refractivity contribution in [2.24, 2.45) is 0 Å². The number of hydrogen-bond donors (Lipinski definition) is 3. The van der Waals surface area contributed by atoms with Crippen LogP contribution in [-0.4, -0.2) is 67.6 Å². The highest BCUT2D eigenvalue weighted by atomic mass is 32.1. The number of hydrogen-bond acceptors (Lipinski definition) is 7. The summed E-state index contributed by atoms with van der Waals surface area (Å²) in [6.07, 6.45) is 4.51. The number of H-pyrrole nitrogens is 1. The molecule has 29 heavy (non-hydrogen) atoms. The molecule has 10 nitrogen and oxygen atoms in total. The predicted octanol–water partition coefficient (Wildman–Crippen LogP) is 2.31. The molecule has 4 rings (SSSR count). The molecule has 0 radical (unpaired) electrons. The number of fused-ring (bicyclic) bond motifs is 1. The minimum atomic E-state index is -1.17. The van der Waals surface area contributed by atoms with Crippen LogP contribution in [0.5, 0.6) is 0 Å². The van der Waals surface area contributed by atoms with Crippen LogP contribution in [-0.2, 0) is 4.79 Å². The quantitative estimate of drug-likeness (QED) is 0.597. The molecule has 0 spiro atoms. The van der Waals surface area contributed by atoms with Gasteiger partial charge in [0, 0.05) is 37.4 Å². The molecule has 152 valence electrons. The van der Waals surface area contributed by atoms with Gasteiger partial charge in [0.2, 0.25) is 0 Å². The van der Waals surface area contributed by atoms with Gasteiger partial charge >= 0.3 is 6.09 Å². The molecule has 3 aromatic heterocycles. The standard InChI is InChI=1S/C18H21N7O3S/c1-11-9-20-16(29-11)23-15(26)18(24(2)17(27)28)4-7-25(8-5-18)14-12-3-6-19-13(12)21-10-22-14/h3,6,9-10H,4-5,7-8H2,1-2H3,(H,27,28)(H,19,21,22)(H,20,23,26). The number of carboxylic acid groups (broad SMARTS) is 1. The Labute approximate surface area is 170 Å². The van der Waals surface area contributed by atoms with Crippen LogP contribution >= 0.6 is 11.3 Å². The maximum atomic E-state index is 13.2. The maximum absolute atomic E-state index is 13.2. The summed E-state index contributed by atoms with van der Waals surface area (Å²) in [6.45, 7) is 2.87. The lowest BCUT2D eigenvalue weighted by Crippen LogP contribution is -2.62. The van der Waals surface area contributed by atoms with E-state index < -0.39 is 11.6 Å². The van der Waals surface area contributed by atoms with Gasteiger partial charge < -0.3 is 15.0 Å². The first-order valence-corrected chi connectivity index (χ1v) is 9.96. The van der Waals surface area contributed by atoms with Crippen molar-refractivity contribution >= 4 is 45.3 Å². The second-order valence-electron chi connectivity index (χ2n) is 7.03. The van der Waals surface area contributed by atoms with Gasteiger partial charge in [-0.25, -0.2) is 19.7 Å². The Balaban J connectivity index is 1.58. The number of likely N-dealkylation sites (N-methyl/N-ethyl adjacent to an activating group) is 1. The molecule has 0 aliphatic carbocycles. The molecule has 3 aromatic rings. The zero-order chi connectivity index (χ0) is 20.6. The predicted molar refractivity (Wildman–Crippen MR) is 109 cm³/mol. The fraction of sp³-hybridized carbons (Fsp3) is 0.389. The number of piperidine rings is 1. The van der Waals surface area contributed by atoms with Crippen molar-refractivity contribution < 1.29 is 14.7 Å². The number of nitrogens with zero attached hydrogens (tertiary/aromatic N) is 5. The third-order valence-corrected chi connectivity index (χ3v) is 6.24. The molecule has 0 bridgehead atoms. The number of aromatic nitrogens is 4. The molecule has 4 heterocycles. The van der Waals surface area contributed by atoms with Crippen molar-refractivity contribution in [3.8, 4) is 0 Å². The normalized spacial score (nSPS) is 16.0. The van der Waals surface area contributed by atoms with E-state index in [1.54, 1.807) is 12.4 Å². The molecule has 0 aromatic carbocycles. The first-order valence-electron chi connectivity index (χ1n) is 9.14. The minimum Gasteiger partial charge on any atom is -0.465 e. The van der Waals surface area contributed by atoms with Crippen molar-refractivity contribution in [1.82, 2.24) is 24.8 Å². The highest BCUT2D eigenvalue weighted by molar-refractivity contribution is 7.15. The highest BCUT2D eigenvalue weighted by Gasteiger charge is 2.47. The fourth-order valence-electron chi connectivity index (χ4n) is 3.72. The zero-order valence-corrected chi connectivity index (χ0v) is 16.9. The summed E-state index contributed by atoms with van der Waals surface area (Å²) in [6, 6.07) is 1.91. The Hall–Kier alpha value is -3.21. The van der Waals surface area contributed by atoms with Crippen LogP contribution in [0.2, 0.25) is 0 Å². The number of carbonyl (C=O) groups excluding carboxylic acids is 1. The average molecular weight is 415 g/mol. The lowest BCUT2D eigenvalue weighted by atomic mass is 9.85. The van der Waals surface area contributed by atoms with Crippen LogP contribution in [0.15, 0.2) is 24.8 Å². The van der Waals surface area contributed by atoms with Gasteiger partial charge in [0.25, 0.3) is 5.91 Å². The van der Waals surface area contributed by atoms with Gasteiger partial charge in [-0.15, -0.1) is 11.3 Å². The summed E-state index contributed by atoms with van der Waals surface area (Å²) in [5.74, 6) is 0.421. The van der Waals surface area contributed by atoms with Gasteiger partial charge in [0.15, 0.2) is 5.13 Å². The number of nitrogens with one attached hydrogen (secondary N) is 2. The van der Waals surface area contributed by atoms with Crippen molar-refractivity contribution in [2.45, 2.75) is 25.3 Å². The van der Waals surface area contributed by atoms with Gasteiger partial charge in [0.05, 0.1) is 5.39 Å². The number of amides is 2. The van der Waals surface area contributed by atoms with Gasteiger partial charge in [-0.05, 0) is 25.8 Å². The first-order chi connectivity index (χ1) is 13.9. The lowest BCUT2D eigenvalue weighted by molar-refractivity contribution is -0.127. The Morgan fingerprint density at radius 1 is 1.31 bits per heavy atom. The molecule has 3 N–H and O–H groups in total. The second kappa shape index (κ2) is 7.32. The van der Waals surface area contributed by atoms with Crippen LogP contribution in [0.25, 0.3) is 11.0 Å². The minimum absolute atomic E-state index is 0.335. The van der Waals surface area contributed by atoms with Crippen molar-refractivity contribution in [3.63, 3.8) is 0 Å². The fourth-order valence-corrected chi connectivity index (χ4v) is 4.38. The number of aromatic amines is 1. The molecule has 11 heteroatoms. The Morgan fingerprint density at radius 2 is 2.07 bits per heavy atom. The van der Waals surface area contributed by atoms with Crippen LogP contribution < -0.4 is 10.2 Å². The van der Waals surface area contributed by atoms with Crippen LogP contribution in [0.4, 0.5) is 15.7 Å². The van der Waals surface area contributed by atoms with E-state index in [1.165, 1.54) is 24.7 Å². The molecule has 1 aliphatic rings. The summed E-state index contributed by atoms with van der Waals surface area (Å²) in [4.78, 5) is 44.9. The van der Waals surface area contributed by atoms with E-state index in [1.807, 2.05) is 13.0 Å². The monoisotopic (exact) mass is 415 g/mol. The molecule has 1 saturated heterocycles. The number of anilines is 2. The molecule has 1 aliphatic heterocycles. The molecule has 0 saturated carbocycles. The first kappa shape index (κ1) is 19.1. The molecule has 0 unspecified atom stereocenters. The van der Waals surface area contributed by atoms with E-state index >= 15 is 0 Å². The smallest absolute Gasteiger partial charge is 0.407 e. The van der Waals surface area contributed by atoms with E-state index in [4.69, 9.17) is 0 Å². The Morgan fingerprint density at radius 3 is 2.72 bits per heavy atom. The summed E-state index contributed by atoms with van der Waals surface area (Å²) < 4.78 is 0. The van der Waals surface area contributed by atoms with Crippen molar-refractivity contribution in [3.05, 3.63) is 29.7 Å². The van der Waals surface area contributed by atoms with Gasteiger partial charge in [-0.2, -0.15) is 0 Å². The highest BCUT2D eigenvalue weighted by Crippen LogP contribution is 2.34. The zero-order valence-electron chi connectivity index (χ0n) is 16.0. The molecular formula is C18H21N7O3S. The number of thiazole rings is 1. The van der Waals surface area contributed by atoms with Gasteiger partial charge in [0.1, 0.15) is 23.3 Å².